The van der Waals surface area contributed by atoms with Crippen LogP contribution in [0.15, 0.2) is 16.2 Å². The van der Waals surface area contributed by atoms with Gasteiger partial charge < -0.3 is 0 Å². The topological polar surface area (TPSA) is 51.6 Å². The first-order valence-corrected chi connectivity index (χ1v) is 6.66. The molecule has 0 fully saturated rings. The minimum atomic E-state index is 0.248. The van der Waals surface area contributed by atoms with Crippen LogP contribution in [0.2, 0.25) is 5.28 Å². The van der Waals surface area contributed by atoms with E-state index in [-0.39, 0.29) is 5.28 Å². The molecular formula is C12H13ClN4S. The van der Waals surface area contributed by atoms with Gasteiger partial charge >= 0.3 is 0 Å². The molecule has 0 aliphatic rings. The van der Waals surface area contributed by atoms with Crippen LogP contribution in [0.5, 0.6) is 0 Å². The van der Waals surface area contributed by atoms with Gasteiger partial charge in [0.15, 0.2) is 5.16 Å². The van der Waals surface area contributed by atoms with Gasteiger partial charge in [0.05, 0.1) is 0 Å². The lowest BCUT2D eigenvalue weighted by Crippen LogP contribution is -1.98. The van der Waals surface area contributed by atoms with Crippen LogP contribution in [0.4, 0.5) is 0 Å². The Morgan fingerprint density at radius 2 is 1.56 bits per heavy atom. The van der Waals surface area contributed by atoms with Crippen LogP contribution in [0.25, 0.3) is 0 Å². The lowest BCUT2D eigenvalue weighted by atomic mass is 10.2. The third-order valence-corrected chi connectivity index (χ3v) is 3.56. The van der Waals surface area contributed by atoms with E-state index in [1.807, 2.05) is 33.8 Å². The fourth-order valence-electron chi connectivity index (χ4n) is 1.44. The molecule has 2 rings (SSSR count). The smallest absolute Gasteiger partial charge is 0.223 e. The molecule has 94 valence electrons. The molecule has 0 aromatic carbocycles. The molecule has 0 radical (unpaired) electrons. The molecule has 0 aliphatic heterocycles. The highest BCUT2D eigenvalue weighted by atomic mass is 35.5. The zero-order valence-corrected chi connectivity index (χ0v) is 12.2. The molecule has 18 heavy (non-hydrogen) atoms. The van der Waals surface area contributed by atoms with Crippen molar-refractivity contribution in [3.05, 3.63) is 34.0 Å². The molecule has 4 nitrogen and oxygen atoms in total. The number of halogens is 1. The Morgan fingerprint density at radius 1 is 0.944 bits per heavy atom. The minimum absolute atomic E-state index is 0.248. The van der Waals surface area contributed by atoms with Crippen LogP contribution in [0, 0.1) is 27.7 Å². The van der Waals surface area contributed by atoms with Gasteiger partial charge in [-0.05, 0) is 62.7 Å². The number of rotatable bonds is 2. The van der Waals surface area contributed by atoms with E-state index in [0.717, 1.165) is 27.7 Å². The molecule has 0 bridgehead atoms. The van der Waals surface area contributed by atoms with Crippen LogP contribution in [0.3, 0.4) is 0 Å². The lowest BCUT2D eigenvalue weighted by molar-refractivity contribution is 0.876. The van der Waals surface area contributed by atoms with Crippen LogP contribution in [-0.4, -0.2) is 19.9 Å². The average molecular weight is 281 g/mol. The Bertz CT molecular complexity index is 557. The average Bonchev–Trinajstić information content (AvgIpc) is 2.24. The van der Waals surface area contributed by atoms with E-state index in [4.69, 9.17) is 11.6 Å². The van der Waals surface area contributed by atoms with Crippen molar-refractivity contribution in [2.24, 2.45) is 0 Å². The summed E-state index contributed by atoms with van der Waals surface area (Å²) >= 11 is 7.22. The summed E-state index contributed by atoms with van der Waals surface area (Å²) in [5, 5.41) is 1.69. The normalized spacial score (nSPS) is 10.7. The third-order valence-electron chi connectivity index (χ3n) is 2.61. The van der Waals surface area contributed by atoms with E-state index in [0.29, 0.717) is 5.16 Å². The van der Waals surface area contributed by atoms with Gasteiger partial charge in [-0.1, -0.05) is 0 Å². The second-order valence-electron chi connectivity index (χ2n) is 4.02. The number of aryl methyl sites for hydroxylation is 3. The van der Waals surface area contributed by atoms with Gasteiger partial charge in [0.25, 0.3) is 0 Å². The van der Waals surface area contributed by atoms with Crippen molar-refractivity contribution in [1.82, 2.24) is 19.9 Å². The van der Waals surface area contributed by atoms with E-state index in [1.165, 1.54) is 11.8 Å². The predicted octanol–water partition coefficient (Wildman–Crippen LogP) is 3.30. The van der Waals surface area contributed by atoms with Crippen molar-refractivity contribution in [3.8, 4) is 0 Å². The highest BCUT2D eigenvalue weighted by Gasteiger charge is 2.08. The van der Waals surface area contributed by atoms with E-state index >= 15 is 0 Å². The summed E-state index contributed by atoms with van der Waals surface area (Å²) in [6.07, 6.45) is 0. The van der Waals surface area contributed by atoms with E-state index in [2.05, 4.69) is 19.9 Å². The predicted molar refractivity (Wildman–Crippen MR) is 72.1 cm³/mol. The van der Waals surface area contributed by atoms with Crippen molar-refractivity contribution in [3.63, 3.8) is 0 Å². The van der Waals surface area contributed by atoms with Gasteiger partial charge in [0, 0.05) is 17.1 Å². The first-order valence-electron chi connectivity index (χ1n) is 5.46. The van der Waals surface area contributed by atoms with Gasteiger partial charge in [-0.3, -0.25) is 0 Å². The lowest BCUT2D eigenvalue weighted by Gasteiger charge is -2.06. The molecule has 0 atom stereocenters. The summed E-state index contributed by atoms with van der Waals surface area (Å²) in [5.41, 5.74) is 3.93. The first-order chi connectivity index (χ1) is 8.45. The Balaban J connectivity index is 2.34. The van der Waals surface area contributed by atoms with Gasteiger partial charge in [0.2, 0.25) is 5.28 Å². The molecule has 0 unspecified atom stereocenters. The van der Waals surface area contributed by atoms with Crippen molar-refractivity contribution in [1.29, 1.82) is 0 Å². The van der Waals surface area contributed by atoms with Crippen molar-refractivity contribution in [2.75, 3.05) is 0 Å². The van der Waals surface area contributed by atoms with Crippen LogP contribution < -0.4 is 0 Å². The summed E-state index contributed by atoms with van der Waals surface area (Å²) in [6.45, 7) is 7.85. The van der Waals surface area contributed by atoms with Crippen LogP contribution in [-0.2, 0) is 0 Å². The summed E-state index contributed by atoms with van der Waals surface area (Å²) in [4.78, 5) is 17.0. The van der Waals surface area contributed by atoms with Gasteiger partial charge in [-0.25, -0.2) is 19.9 Å². The second kappa shape index (κ2) is 5.20. The van der Waals surface area contributed by atoms with Gasteiger partial charge in [0.1, 0.15) is 5.03 Å². The Hall–Kier alpha value is -1.20. The summed E-state index contributed by atoms with van der Waals surface area (Å²) in [5.74, 6) is 0. The van der Waals surface area contributed by atoms with Crippen molar-refractivity contribution < 1.29 is 0 Å². The number of aromatic nitrogens is 4. The maximum Gasteiger partial charge on any atom is 0.223 e. The fourth-order valence-corrected chi connectivity index (χ4v) is 2.63. The third kappa shape index (κ3) is 2.97. The maximum atomic E-state index is 5.83. The molecule has 2 aromatic heterocycles. The zero-order valence-electron chi connectivity index (χ0n) is 10.7. The fraction of sp³-hybridized carbons (Fsp3) is 0.333. The molecule has 2 aromatic rings. The number of nitrogens with zero attached hydrogens (tertiary/aromatic N) is 4. The quantitative estimate of drug-likeness (QED) is 0.624. The van der Waals surface area contributed by atoms with Gasteiger partial charge in [-0.2, -0.15) is 0 Å². The molecule has 0 saturated carbocycles. The second-order valence-corrected chi connectivity index (χ2v) is 5.35. The van der Waals surface area contributed by atoms with E-state index < -0.39 is 0 Å². The van der Waals surface area contributed by atoms with Gasteiger partial charge in [-0.15, -0.1) is 0 Å². The zero-order chi connectivity index (χ0) is 13.3. The van der Waals surface area contributed by atoms with E-state index in [9.17, 15) is 0 Å². The highest BCUT2D eigenvalue weighted by Crippen LogP contribution is 2.25. The molecule has 0 spiro atoms. The molecular weight excluding hydrogens is 268 g/mol. The molecule has 0 saturated heterocycles. The number of hydrogen-bond acceptors (Lipinski definition) is 5. The van der Waals surface area contributed by atoms with Crippen molar-refractivity contribution >= 4 is 23.4 Å². The Morgan fingerprint density at radius 3 is 2.11 bits per heavy atom. The van der Waals surface area contributed by atoms with E-state index in [1.54, 1.807) is 0 Å². The Labute approximate surface area is 115 Å². The molecule has 2 heterocycles. The SMILES string of the molecule is Cc1cc(Sc2nc(C)c(C)c(C)n2)nc(Cl)n1. The molecule has 0 amide bonds. The first kappa shape index (κ1) is 13.2. The maximum absolute atomic E-state index is 5.83. The Kier molecular flexibility index (Phi) is 3.82. The largest absolute Gasteiger partial charge is 0.227 e. The molecule has 6 heteroatoms. The summed E-state index contributed by atoms with van der Waals surface area (Å²) < 4.78 is 0. The van der Waals surface area contributed by atoms with Crippen LogP contribution in [0.1, 0.15) is 22.6 Å². The summed E-state index contributed by atoms with van der Waals surface area (Å²) in [6, 6.07) is 1.87. The monoisotopic (exact) mass is 280 g/mol. The standard InChI is InChI=1S/C12H13ClN4S/c1-6-5-10(17-11(13)14-6)18-12-15-8(3)7(2)9(4)16-12/h5H,1-4H3. The highest BCUT2D eigenvalue weighted by molar-refractivity contribution is 7.99. The van der Waals surface area contributed by atoms with Crippen molar-refractivity contribution in [2.45, 2.75) is 37.9 Å². The summed E-state index contributed by atoms with van der Waals surface area (Å²) in [7, 11) is 0. The molecule has 0 N–H and O–H groups in total. The number of hydrogen-bond donors (Lipinski definition) is 0. The molecule has 0 aliphatic carbocycles. The minimum Gasteiger partial charge on any atom is -0.227 e. The van der Waals surface area contributed by atoms with Crippen LogP contribution >= 0.6 is 23.4 Å².